The number of nitrogens with one attached hydrogen (secondary N) is 1. The number of carbonyl (C=O) groups is 1. The molecule has 0 bridgehead atoms. The molecule has 0 spiro atoms. The highest BCUT2D eigenvalue weighted by molar-refractivity contribution is 5.70. The van der Waals surface area contributed by atoms with Crippen molar-refractivity contribution < 1.29 is 19.4 Å². The Labute approximate surface area is 101 Å². The molecule has 0 saturated carbocycles. The van der Waals surface area contributed by atoms with Crippen LogP contribution in [0, 0.1) is 5.92 Å². The van der Waals surface area contributed by atoms with Crippen molar-refractivity contribution in [3.63, 3.8) is 0 Å². The fourth-order valence-corrected chi connectivity index (χ4v) is 2.47. The Morgan fingerprint density at radius 3 is 2.94 bits per heavy atom. The molecule has 98 valence electrons. The Bertz CT molecular complexity index is 271. The number of hydrogen-bond donors (Lipinski definition) is 2. The van der Waals surface area contributed by atoms with Crippen LogP contribution in [0.4, 0.5) is 0 Å². The van der Waals surface area contributed by atoms with Crippen LogP contribution in [0.1, 0.15) is 26.2 Å². The van der Waals surface area contributed by atoms with Crippen molar-refractivity contribution in [2.75, 3.05) is 19.7 Å². The Morgan fingerprint density at radius 2 is 2.29 bits per heavy atom. The highest BCUT2D eigenvalue weighted by atomic mass is 16.5. The van der Waals surface area contributed by atoms with Crippen LogP contribution in [0.25, 0.3) is 0 Å². The van der Waals surface area contributed by atoms with Crippen molar-refractivity contribution in [3.8, 4) is 0 Å². The van der Waals surface area contributed by atoms with Crippen LogP contribution in [-0.2, 0) is 14.3 Å². The van der Waals surface area contributed by atoms with Crippen molar-refractivity contribution in [3.05, 3.63) is 0 Å². The fraction of sp³-hybridized carbons (Fsp3) is 0.917. The van der Waals surface area contributed by atoms with Gasteiger partial charge in [-0.3, -0.25) is 4.79 Å². The number of aliphatic carboxylic acids is 1. The van der Waals surface area contributed by atoms with E-state index in [1.807, 2.05) is 0 Å². The lowest BCUT2D eigenvalue weighted by molar-refractivity contribution is -0.144. The van der Waals surface area contributed by atoms with Gasteiger partial charge < -0.3 is 19.9 Å². The first-order valence-electron chi connectivity index (χ1n) is 6.35. The summed E-state index contributed by atoms with van der Waals surface area (Å²) in [7, 11) is 0. The molecular weight excluding hydrogens is 222 g/mol. The van der Waals surface area contributed by atoms with E-state index in [0.29, 0.717) is 25.7 Å². The lowest BCUT2D eigenvalue weighted by Gasteiger charge is -2.28. The summed E-state index contributed by atoms with van der Waals surface area (Å²) in [4.78, 5) is 10.9. The Balaban J connectivity index is 1.70. The summed E-state index contributed by atoms with van der Waals surface area (Å²) in [6.45, 7) is 3.95. The molecule has 0 aromatic carbocycles. The van der Waals surface area contributed by atoms with Gasteiger partial charge >= 0.3 is 5.97 Å². The number of ether oxygens (including phenoxy) is 2. The van der Waals surface area contributed by atoms with Gasteiger partial charge in [0.15, 0.2) is 0 Å². The van der Waals surface area contributed by atoms with Gasteiger partial charge in [0.05, 0.1) is 30.8 Å². The third-order valence-corrected chi connectivity index (χ3v) is 3.50. The molecular formula is C12H21NO4. The van der Waals surface area contributed by atoms with E-state index >= 15 is 0 Å². The van der Waals surface area contributed by atoms with E-state index in [9.17, 15) is 4.79 Å². The molecule has 5 nitrogen and oxygen atoms in total. The lowest BCUT2D eigenvalue weighted by atomic mass is 9.98. The SMILES string of the molecule is CC1CCC(COC2CNCC(C(=O)O)C2)O1. The van der Waals surface area contributed by atoms with Gasteiger partial charge in [-0.15, -0.1) is 0 Å². The van der Waals surface area contributed by atoms with Crippen LogP contribution in [0.15, 0.2) is 0 Å². The Hall–Kier alpha value is -0.650. The summed E-state index contributed by atoms with van der Waals surface area (Å²) in [5.74, 6) is -1.06. The van der Waals surface area contributed by atoms with Crippen LogP contribution in [-0.4, -0.2) is 49.1 Å². The van der Waals surface area contributed by atoms with Crippen molar-refractivity contribution >= 4 is 5.97 Å². The summed E-state index contributed by atoms with van der Waals surface area (Å²) < 4.78 is 11.4. The van der Waals surface area contributed by atoms with Gasteiger partial charge in [0.2, 0.25) is 0 Å². The molecule has 0 aromatic heterocycles. The Morgan fingerprint density at radius 1 is 1.47 bits per heavy atom. The van der Waals surface area contributed by atoms with E-state index in [0.717, 1.165) is 19.4 Å². The highest BCUT2D eigenvalue weighted by Gasteiger charge is 2.29. The highest BCUT2D eigenvalue weighted by Crippen LogP contribution is 2.21. The monoisotopic (exact) mass is 243 g/mol. The second kappa shape index (κ2) is 5.80. The fourth-order valence-electron chi connectivity index (χ4n) is 2.47. The largest absolute Gasteiger partial charge is 0.481 e. The maximum absolute atomic E-state index is 10.9. The maximum Gasteiger partial charge on any atom is 0.307 e. The molecule has 2 saturated heterocycles. The minimum atomic E-state index is -0.739. The number of piperidine rings is 1. The smallest absolute Gasteiger partial charge is 0.307 e. The molecule has 2 fully saturated rings. The zero-order valence-corrected chi connectivity index (χ0v) is 10.2. The molecule has 2 aliphatic heterocycles. The van der Waals surface area contributed by atoms with Crippen LogP contribution < -0.4 is 5.32 Å². The van der Waals surface area contributed by atoms with Crippen LogP contribution in [0.5, 0.6) is 0 Å². The molecule has 2 heterocycles. The first-order valence-corrected chi connectivity index (χ1v) is 6.35. The maximum atomic E-state index is 10.9. The van der Waals surface area contributed by atoms with Gasteiger partial charge in [-0.25, -0.2) is 0 Å². The first-order chi connectivity index (χ1) is 8.15. The predicted molar refractivity (Wildman–Crippen MR) is 61.9 cm³/mol. The second-order valence-corrected chi connectivity index (χ2v) is 5.03. The quantitative estimate of drug-likeness (QED) is 0.758. The standard InChI is InChI=1S/C12H21NO4/c1-8-2-3-10(17-8)7-16-11-4-9(12(14)15)5-13-6-11/h8-11,13H,2-7H2,1H3,(H,14,15). The van der Waals surface area contributed by atoms with E-state index in [1.54, 1.807) is 0 Å². The third kappa shape index (κ3) is 3.66. The normalized spacial score (nSPS) is 38.2. The van der Waals surface area contributed by atoms with Crippen LogP contribution in [0.3, 0.4) is 0 Å². The second-order valence-electron chi connectivity index (χ2n) is 5.03. The summed E-state index contributed by atoms with van der Waals surface area (Å²) in [6.07, 6.45) is 3.27. The molecule has 5 heteroatoms. The lowest BCUT2D eigenvalue weighted by Crippen LogP contribution is -2.44. The van der Waals surface area contributed by atoms with E-state index in [1.165, 1.54) is 0 Å². The van der Waals surface area contributed by atoms with Gasteiger partial charge in [0.1, 0.15) is 0 Å². The predicted octanol–water partition coefficient (Wildman–Crippen LogP) is 0.633. The summed E-state index contributed by atoms with van der Waals surface area (Å²) in [6, 6.07) is 0. The third-order valence-electron chi connectivity index (χ3n) is 3.50. The molecule has 0 radical (unpaired) electrons. The molecule has 0 amide bonds. The minimum Gasteiger partial charge on any atom is -0.481 e. The van der Waals surface area contributed by atoms with E-state index in [-0.39, 0.29) is 18.1 Å². The summed E-state index contributed by atoms with van der Waals surface area (Å²) >= 11 is 0. The minimum absolute atomic E-state index is 0.00403. The first kappa shape index (κ1) is 12.8. The Kier molecular flexibility index (Phi) is 4.36. The van der Waals surface area contributed by atoms with Crippen molar-refractivity contribution in [2.24, 2.45) is 5.92 Å². The average molecular weight is 243 g/mol. The number of carboxylic acid groups (broad SMARTS) is 1. The van der Waals surface area contributed by atoms with E-state index in [4.69, 9.17) is 14.6 Å². The van der Waals surface area contributed by atoms with E-state index < -0.39 is 5.97 Å². The number of rotatable bonds is 4. The van der Waals surface area contributed by atoms with Crippen LogP contribution >= 0.6 is 0 Å². The van der Waals surface area contributed by atoms with Crippen molar-refractivity contribution in [1.82, 2.24) is 5.32 Å². The van der Waals surface area contributed by atoms with Gasteiger partial charge in [-0.2, -0.15) is 0 Å². The van der Waals surface area contributed by atoms with Crippen LogP contribution in [0.2, 0.25) is 0 Å². The zero-order chi connectivity index (χ0) is 12.3. The van der Waals surface area contributed by atoms with E-state index in [2.05, 4.69) is 12.2 Å². The summed E-state index contributed by atoms with van der Waals surface area (Å²) in [5.41, 5.74) is 0. The molecule has 0 aromatic rings. The molecule has 0 aliphatic carbocycles. The molecule has 17 heavy (non-hydrogen) atoms. The van der Waals surface area contributed by atoms with Gasteiger partial charge in [0.25, 0.3) is 0 Å². The number of carboxylic acids is 1. The molecule has 4 unspecified atom stereocenters. The molecule has 2 aliphatic rings. The van der Waals surface area contributed by atoms with Crippen molar-refractivity contribution in [1.29, 1.82) is 0 Å². The summed E-state index contributed by atoms with van der Waals surface area (Å²) in [5, 5.41) is 12.1. The van der Waals surface area contributed by atoms with Gasteiger partial charge in [-0.1, -0.05) is 0 Å². The van der Waals surface area contributed by atoms with Gasteiger partial charge in [-0.05, 0) is 26.2 Å². The topological polar surface area (TPSA) is 67.8 Å². The molecule has 2 N–H and O–H groups in total. The zero-order valence-electron chi connectivity index (χ0n) is 10.2. The van der Waals surface area contributed by atoms with Gasteiger partial charge in [0, 0.05) is 13.1 Å². The van der Waals surface area contributed by atoms with Crippen molar-refractivity contribution in [2.45, 2.75) is 44.5 Å². The molecule has 2 rings (SSSR count). The average Bonchev–Trinajstić information content (AvgIpc) is 2.73. The molecule has 4 atom stereocenters. The number of hydrogen-bond acceptors (Lipinski definition) is 4.